The Bertz CT molecular complexity index is 563. The van der Waals surface area contributed by atoms with Crippen LogP contribution in [-0.4, -0.2) is 12.9 Å². The fourth-order valence-corrected chi connectivity index (χ4v) is 2.58. The minimum atomic E-state index is -0.0862. The third-order valence-electron chi connectivity index (χ3n) is 2.21. The molecule has 2 aromatic rings. The summed E-state index contributed by atoms with van der Waals surface area (Å²) in [4.78, 5) is 12.7. The molecule has 0 aliphatic carbocycles. The number of ketones is 1. The van der Waals surface area contributed by atoms with Gasteiger partial charge in [0.05, 0.1) is 21.3 Å². The van der Waals surface area contributed by atoms with Crippen molar-refractivity contribution in [2.24, 2.45) is 0 Å². The Hall–Kier alpha value is -1.03. The molecule has 0 aliphatic heterocycles. The molecule has 2 rings (SSSR count). The van der Waals surface area contributed by atoms with Gasteiger partial charge < -0.3 is 4.74 Å². The van der Waals surface area contributed by atoms with Crippen molar-refractivity contribution in [2.45, 2.75) is 0 Å². The molecule has 1 heterocycles. The summed E-state index contributed by atoms with van der Waals surface area (Å²) in [7, 11) is 1.51. The van der Waals surface area contributed by atoms with E-state index in [-0.39, 0.29) is 5.78 Å². The second-order valence-corrected chi connectivity index (χ2v) is 5.40. The zero-order chi connectivity index (χ0) is 12.4. The van der Waals surface area contributed by atoms with Gasteiger partial charge in [-0.3, -0.25) is 4.79 Å². The normalized spacial score (nSPS) is 10.3. The average molecular weight is 287 g/mol. The Morgan fingerprint density at radius 1 is 1.24 bits per heavy atom. The summed E-state index contributed by atoms with van der Waals surface area (Å²) in [6, 6.07) is 8.34. The van der Waals surface area contributed by atoms with Gasteiger partial charge in [0.1, 0.15) is 5.75 Å². The van der Waals surface area contributed by atoms with Gasteiger partial charge in [0, 0.05) is 5.56 Å². The quantitative estimate of drug-likeness (QED) is 0.787. The molecular formula is C12H8Cl2O2S. The van der Waals surface area contributed by atoms with Crippen molar-refractivity contribution in [3.63, 3.8) is 0 Å². The predicted octanol–water partition coefficient (Wildman–Crippen LogP) is 4.29. The number of carbonyl (C=O) groups excluding carboxylic acids is 1. The van der Waals surface area contributed by atoms with Gasteiger partial charge in [-0.05, 0) is 30.3 Å². The standard InChI is InChI=1S/C12H8Cl2O2S/c1-16-9-6-7(2-3-8(9)13)12(15)10-4-5-11(14)17-10/h2-6H,1H3. The van der Waals surface area contributed by atoms with Crippen LogP contribution < -0.4 is 4.74 Å². The number of methoxy groups -OCH3 is 1. The molecule has 0 saturated carbocycles. The second kappa shape index (κ2) is 5.08. The summed E-state index contributed by atoms with van der Waals surface area (Å²) in [6.07, 6.45) is 0. The molecule has 1 aromatic heterocycles. The van der Waals surface area contributed by atoms with E-state index in [4.69, 9.17) is 27.9 Å². The van der Waals surface area contributed by atoms with E-state index in [9.17, 15) is 4.79 Å². The van der Waals surface area contributed by atoms with E-state index >= 15 is 0 Å². The number of benzene rings is 1. The molecular weight excluding hydrogens is 279 g/mol. The van der Waals surface area contributed by atoms with E-state index in [0.29, 0.717) is 25.5 Å². The van der Waals surface area contributed by atoms with Crippen LogP contribution in [0.2, 0.25) is 9.36 Å². The fourth-order valence-electron chi connectivity index (χ4n) is 1.38. The maximum Gasteiger partial charge on any atom is 0.203 e. The van der Waals surface area contributed by atoms with E-state index < -0.39 is 0 Å². The number of halogens is 2. The van der Waals surface area contributed by atoms with Crippen molar-refractivity contribution in [3.05, 3.63) is 50.1 Å². The largest absolute Gasteiger partial charge is 0.495 e. The maximum atomic E-state index is 12.1. The van der Waals surface area contributed by atoms with Crippen LogP contribution in [0, 0.1) is 0 Å². The lowest BCUT2D eigenvalue weighted by Gasteiger charge is -2.04. The second-order valence-electron chi connectivity index (χ2n) is 3.28. The molecule has 0 radical (unpaired) electrons. The topological polar surface area (TPSA) is 26.3 Å². The Morgan fingerprint density at radius 3 is 2.59 bits per heavy atom. The van der Waals surface area contributed by atoms with Crippen molar-refractivity contribution in [3.8, 4) is 5.75 Å². The van der Waals surface area contributed by atoms with E-state index in [1.807, 2.05) is 0 Å². The van der Waals surface area contributed by atoms with Crippen LogP contribution in [0.3, 0.4) is 0 Å². The van der Waals surface area contributed by atoms with Gasteiger partial charge in [-0.25, -0.2) is 0 Å². The lowest BCUT2D eigenvalue weighted by Crippen LogP contribution is -1.99. The van der Waals surface area contributed by atoms with Crippen LogP contribution in [-0.2, 0) is 0 Å². The lowest BCUT2D eigenvalue weighted by atomic mass is 10.1. The van der Waals surface area contributed by atoms with Crippen molar-refractivity contribution in [2.75, 3.05) is 7.11 Å². The monoisotopic (exact) mass is 286 g/mol. The molecule has 1 aromatic carbocycles. The third-order valence-corrected chi connectivity index (χ3v) is 3.75. The van der Waals surface area contributed by atoms with Gasteiger partial charge in [0.15, 0.2) is 0 Å². The van der Waals surface area contributed by atoms with Crippen molar-refractivity contribution in [1.29, 1.82) is 0 Å². The summed E-state index contributed by atoms with van der Waals surface area (Å²) in [5, 5.41) is 0.480. The van der Waals surface area contributed by atoms with E-state index in [1.165, 1.54) is 18.4 Å². The van der Waals surface area contributed by atoms with Gasteiger partial charge in [0.25, 0.3) is 0 Å². The smallest absolute Gasteiger partial charge is 0.203 e. The first kappa shape index (κ1) is 12.4. The summed E-state index contributed by atoms with van der Waals surface area (Å²) in [5.41, 5.74) is 0.532. The molecule has 0 atom stereocenters. The van der Waals surface area contributed by atoms with Gasteiger partial charge >= 0.3 is 0 Å². The SMILES string of the molecule is COc1cc(C(=O)c2ccc(Cl)s2)ccc1Cl. The number of hydrogen-bond acceptors (Lipinski definition) is 3. The highest BCUT2D eigenvalue weighted by Gasteiger charge is 2.13. The predicted molar refractivity (Wildman–Crippen MR) is 70.8 cm³/mol. The van der Waals surface area contributed by atoms with Crippen molar-refractivity contribution in [1.82, 2.24) is 0 Å². The zero-order valence-electron chi connectivity index (χ0n) is 8.87. The first-order valence-electron chi connectivity index (χ1n) is 4.75. The first-order valence-corrected chi connectivity index (χ1v) is 6.32. The summed E-state index contributed by atoms with van der Waals surface area (Å²) in [5.74, 6) is 0.400. The average Bonchev–Trinajstić information content (AvgIpc) is 2.75. The van der Waals surface area contributed by atoms with Crippen LogP contribution in [0.25, 0.3) is 0 Å². The number of thiophene rings is 1. The molecule has 0 bridgehead atoms. The maximum absolute atomic E-state index is 12.1. The minimum Gasteiger partial charge on any atom is -0.495 e. The molecule has 0 N–H and O–H groups in total. The highest BCUT2D eigenvalue weighted by atomic mass is 35.5. The molecule has 0 fully saturated rings. The fraction of sp³-hybridized carbons (Fsp3) is 0.0833. The first-order chi connectivity index (χ1) is 8.11. The Kier molecular flexibility index (Phi) is 3.72. The molecule has 0 saturated heterocycles. The molecule has 0 amide bonds. The van der Waals surface area contributed by atoms with Crippen LogP contribution in [0.15, 0.2) is 30.3 Å². The number of rotatable bonds is 3. The molecule has 2 nitrogen and oxygen atoms in total. The van der Waals surface area contributed by atoms with Crippen LogP contribution >= 0.6 is 34.5 Å². The summed E-state index contributed by atoms with van der Waals surface area (Å²) >= 11 is 12.9. The van der Waals surface area contributed by atoms with Gasteiger partial charge in [-0.2, -0.15) is 0 Å². The molecule has 0 aliphatic rings. The minimum absolute atomic E-state index is 0.0862. The van der Waals surface area contributed by atoms with Crippen LogP contribution in [0.1, 0.15) is 15.2 Å². The van der Waals surface area contributed by atoms with Gasteiger partial charge in [-0.1, -0.05) is 23.2 Å². The molecule has 5 heteroatoms. The molecule has 17 heavy (non-hydrogen) atoms. The molecule has 88 valence electrons. The van der Waals surface area contributed by atoms with Gasteiger partial charge in [-0.15, -0.1) is 11.3 Å². The van der Waals surface area contributed by atoms with Crippen LogP contribution in [0.5, 0.6) is 5.75 Å². The van der Waals surface area contributed by atoms with Crippen molar-refractivity contribution < 1.29 is 9.53 Å². The zero-order valence-corrected chi connectivity index (χ0v) is 11.2. The number of carbonyl (C=O) groups is 1. The number of ether oxygens (including phenoxy) is 1. The molecule has 0 spiro atoms. The molecule has 0 unspecified atom stereocenters. The Morgan fingerprint density at radius 2 is 2.00 bits per heavy atom. The van der Waals surface area contributed by atoms with Crippen molar-refractivity contribution >= 4 is 40.3 Å². The van der Waals surface area contributed by atoms with Crippen LogP contribution in [0.4, 0.5) is 0 Å². The Labute approximate surface area is 113 Å². The van der Waals surface area contributed by atoms with Gasteiger partial charge in [0.2, 0.25) is 5.78 Å². The highest BCUT2D eigenvalue weighted by Crippen LogP contribution is 2.28. The highest BCUT2D eigenvalue weighted by molar-refractivity contribution is 7.18. The number of hydrogen-bond donors (Lipinski definition) is 0. The summed E-state index contributed by atoms with van der Waals surface area (Å²) in [6.45, 7) is 0. The third kappa shape index (κ3) is 2.63. The summed E-state index contributed by atoms with van der Waals surface area (Å²) < 4.78 is 5.66. The lowest BCUT2D eigenvalue weighted by molar-refractivity contribution is 0.104. The van der Waals surface area contributed by atoms with E-state index in [0.717, 1.165) is 0 Å². The van der Waals surface area contributed by atoms with E-state index in [2.05, 4.69) is 0 Å². The van der Waals surface area contributed by atoms with E-state index in [1.54, 1.807) is 30.3 Å². The Balaban J connectivity index is 2.37.